The molecule has 0 saturated carbocycles. The minimum Gasteiger partial charge on any atom is -0.465 e. The summed E-state index contributed by atoms with van der Waals surface area (Å²) in [6.07, 6.45) is 2.26. The van der Waals surface area contributed by atoms with E-state index in [1.54, 1.807) is 12.1 Å². The largest absolute Gasteiger partial charge is 0.465 e. The molecule has 2 aromatic heterocycles. The summed E-state index contributed by atoms with van der Waals surface area (Å²) >= 11 is 0. The number of carbonyl (C=O) groups is 1. The Morgan fingerprint density at radius 2 is 1.90 bits per heavy atom. The van der Waals surface area contributed by atoms with Crippen molar-refractivity contribution >= 4 is 16.9 Å². The van der Waals surface area contributed by atoms with Gasteiger partial charge < -0.3 is 14.2 Å². The van der Waals surface area contributed by atoms with Gasteiger partial charge >= 0.3 is 0 Å². The zero-order chi connectivity index (χ0) is 21.3. The Morgan fingerprint density at radius 3 is 2.60 bits per heavy atom. The summed E-state index contributed by atoms with van der Waals surface area (Å²) in [6, 6.07) is 10.5. The van der Waals surface area contributed by atoms with E-state index in [2.05, 4.69) is 17.1 Å². The molecule has 3 heterocycles. The Morgan fingerprint density at radius 1 is 1.13 bits per heavy atom. The third-order valence-electron chi connectivity index (χ3n) is 5.91. The van der Waals surface area contributed by atoms with Crippen LogP contribution in [0.1, 0.15) is 53.4 Å². The molecular formula is C24H28N2O4. The smallest absolute Gasteiger partial charge is 0.287 e. The Hall–Kier alpha value is -2.86. The van der Waals surface area contributed by atoms with E-state index in [0.717, 1.165) is 43.0 Å². The Kier molecular flexibility index (Phi) is 5.77. The van der Waals surface area contributed by atoms with Crippen molar-refractivity contribution in [3.63, 3.8) is 0 Å². The fourth-order valence-corrected chi connectivity index (χ4v) is 4.03. The Bertz CT molecular complexity index is 1110. The number of hydrogen-bond acceptors (Lipinski definition) is 5. The van der Waals surface area contributed by atoms with Gasteiger partial charge in [0.2, 0.25) is 0 Å². The molecule has 0 aliphatic carbocycles. The third-order valence-corrected chi connectivity index (χ3v) is 5.91. The predicted molar refractivity (Wildman–Crippen MR) is 116 cm³/mol. The summed E-state index contributed by atoms with van der Waals surface area (Å²) in [5.74, 6) is 2.04. The van der Waals surface area contributed by atoms with Crippen molar-refractivity contribution < 1.29 is 13.6 Å². The molecule has 0 radical (unpaired) electrons. The number of piperidine rings is 1. The van der Waals surface area contributed by atoms with Gasteiger partial charge in [0.05, 0.1) is 11.4 Å². The topological polar surface area (TPSA) is 75.7 Å². The molecule has 158 valence electrons. The number of rotatable bonds is 5. The molecule has 1 fully saturated rings. The molecule has 0 spiro atoms. The molecule has 1 saturated heterocycles. The van der Waals surface area contributed by atoms with E-state index in [9.17, 15) is 9.59 Å². The highest BCUT2D eigenvalue weighted by molar-refractivity contribution is 5.93. The quantitative estimate of drug-likeness (QED) is 0.685. The van der Waals surface area contributed by atoms with Crippen molar-refractivity contribution in [3.8, 4) is 0 Å². The molecule has 1 aliphatic rings. The van der Waals surface area contributed by atoms with E-state index in [-0.39, 0.29) is 17.2 Å². The van der Waals surface area contributed by atoms with E-state index < -0.39 is 5.91 Å². The normalized spacial score (nSPS) is 16.6. The standard InChI is InChI=1S/C24H28N2O4/c1-15-8-10-26(11-9-15)19(21-7-5-17(3)29-21)14-25-24(28)23-13-20(27)18-6-4-16(2)12-22(18)30-23/h4-7,12-13,15,19H,8-11,14H2,1-3H3,(H,25,28)/t19-/m0/s1. The predicted octanol–water partition coefficient (Wildman–Crippen LogP) is 4.21. The van der Waals surface area contributed by atoms with Crippen molar-refractivity contribution in [2.45, 2.75) is 39.7 Å². The molecule has 1 atom stereocenters. The first-order valence-electron chi connectivity index (χ1n) is 10.5. The number of nitrogens with zero attached hydrogens (tertiary/aromatic N) is 1. The number of fused-ring (bicyclic) bond motifs is 1. The molecule has 4 rings (SSSR count). The second-order valence-corrected chi connectivity index (χ2v) is 8.37. The van der Waals surface area contributed by atoms with Gasteiger partial charge in [0.15, 0.2) is 11.2 Å². The average Bonchev–Trinajstić information content (AvgIpc) is 3.14. The van der Waals surface area contributed by atoms with Crippen LogP contribution < -0.4 is 10.7 Å². The SMILES string of the molecule is Cc1ccc2c(=O)cc(C(=O)NC[C@@H](c3ccc(C)o3)N3CCC(C)CC3)oc2c1. The molecular weight excluding hydrogens is 380 g/mol. The molecule has 1 aromatic carbocycles. The van der Waals surface area contributed by atoms with Crippen LogP contribution in [0.4, 0.5) is 0 Å². The van der Waals surface area contributed by atoms with Crippen LogP contribution in [-0.4, -0.2) is 30.4 Å². The minimum absolute atomic E-state index is 0.0275. The van der Waals surface area contributed by atoms with Gasteiger partial charge in [-0.05, 0) is 75.5 Å². The van der Waals surface area contributed by atoms with E-state index in [0.29, 0.717) is 23.4 Å². The van der Waals surface area contributed by atoms with Crippen molar-refractivity contribution in [3.05, 3.63) is 69.5 Å². The number of carbonyl (C=O) groups excluding carboxylic acids is 1. The van der Waals surface area contributed by atoms with Gasteiger partial charge in [-0.2, -0.15) is 0 Å². The molecule has 1 amide bonds. The summed E-state index contributed by atoms with van der Waals surface area (Å²) < 4.78 is 11.6. The number of nitrogens with one attached hydrogen (secondary N) is 1. The number of aryl methyl sites for hydroxylation is 2. The van der Waals surface area contributed by atoms with Crippen LogP contribution in [0.15, 0.2) is 50.0 Å². The first-order valence-corrected chi connectivity index (χ1v) is 10.5. The maximum Gasteiger partial charge on any atom is 0.287 e. The number of hydrogen-bond donors (Lipinski definition) is 1. The highest BCUT2D eigenvalue weighted by Gasteiger charge is 2.27. The fraction of sp³-hybridized carbons (Fsp3) is 0.417. The summed E-state index contributed by atoms with van der Waals surface area (Å²) in [4.78, 5) is 27.6. The maximum atomic E-state index is 12.8. The van der Waals surface area contributed by atoms with Crippen LogP contribution >= 0.6 is 0 Å². The Balaban J connectivity index is 1.54. The van der Waals surface area contributed by atoms with E-state index in [1.165, 1.54) is 6.07 Å². The summed E-state index contributed by atoms with van der Waals surface area (Å²) in [6.45, 7) is 8.42. The van der Waals surface area contributed by atoms with Gasteiger partial charge in [0, 0.05) is 12.6 Å². The van der Waals surface area contributed by atoms with Crippen molar-refractivity contribution in [1.82, 2.24) is 10.2 Å². The van der Waals surface area contributed by atoms with Crippen LogP contribution in [0, 0.1) is 19.8 Å². The van der Waals surface area contributed by atoms with Crippen LogP contribution in [0.5, 0.6) is 0 Å². The molecule has 30 heavy (non-hydrogen) atoms. The molecule has 1 N–H and O–H groups in total. The molecule has 0 unspecified atom stereocenters. The Labute approximate surface area is 175 Å². The lowest BCUT2D eigenvalue weighted by Gasteiger charge is -2.35. The van der Waals surface area contributed by atoms with Crippen molar-refractivity contribution in [2.24, 2.45) is 5.92 Å². The van der Waals surface area contributed by atoms with E-state index in [1.807, 2.05) is 32.0 Å². The number of amides is 1. The van der Waals surface area contributed by atoms with Gasteiger partial charge in [-0.25, -0.2) is 0 Å². The number of furan rings is 1. The zero-order valence-electron chi connectivity index (χ0n) is 17.7. The first kappa shape index (κ1) is 20.4. The molecule has 0 bridgehead atoms. The second-order valence-electron chi connectivity index (χ2n) is 8.37. The van der Waals surface area contributed by atoms with Crippen molar-refractivity contribution in [2.75, 3.05) is 19.6 Å². The lowest BCUT2D eigenvalue weighted by molar-refractivity contribution is 0.0870. The molecule has 6 nitrogen and oxygen atoms in total. The summed E-state index contributed by atoms with van der Waals surface area (Å²) in [5, 5.41) is 3.42. The molecule has 1 aliphatic heterocycles. The van der Waals surface area contributed by atoms with Gasteiger partial charge in [0.1, 0.15) is 17.1 Å². The maximum absolute atomic E-state index is 12.8. The van der Waals surface area contributed by atoms with Gasteiger partial charge in [0.25, 0.3) is 5.91 Å². The van der Waals surface area contributed by atoms with Gasteiger partial charge in [-0.3, -0.25) is 14.5 Å². The monoisotopic (exact) mass is 408 g/mol. The van der Waals surface area contributed by atoms with Crippen LogP contribution in [-0.2, 0) is 0 Å². The number of benzene rings is 1. The van der Waals surface area contributed by atoms with Gasteiger partial charge in [-0.15, -0.1) is 0 Å². The zero-order valence-corrected chi connectivity index (χ0v) is 17.7. The average molecular weight is 408 g/mol. The van der Waals surface area contributed by atoms with Crippen LogP contribution in [0.2, 0.25) is 0 Å². The molecule has 6 heteroatoms. The molecule has 3 aromatic rings. The highest BCUT2D eigenvalue weighted by atomic mass is 16.3. The van der Waals surface area contributed by atoms with Crippen LogP contribution in [0.3, 0.4) is 0 Å². The minimum atomic E-state index is -0.394. The lowest BCUT2D eigenvalue weighted by Crippen LogP contribution is -2.41. The van der Waals surface area contributed by atoms with E-state index in [4.69, 9.17) is 8.83 Å². The van der Waals surface area contributed by atoms with E-state index >= 15 is 0 Å². The third kappa shape index (κ3) is 4.33. The lowest BCUT2D eigenvalue weighted by atomic mass is 9.97. The second kappa shape index (κ2) is 8.48. The highest BCUT2D eigenvalue weighted by Crippen LogP contribution is 2.27. The summed E-state index contributed by atoms with van der Waals surface area (Å²) in [7, 11) is 0. The van der Waals surface area contributed by atoms with Crippen molar-refractivity contribution in [1.29, 1.82) is 0 Å². The van der Waals surface area contributed by atoms with Gasteiger partial charge in [-0.1, -0.05) is 13.0 Å². The fourth-order valence-electron chi connectivity index (χ4n) is 4.03. The van der Waals surface area contributed by atoms with Crippen LogP contribution in [0.25, 0.3) is 11.0 Å². The first-order chi connectivity index (χ1) is 14.4. The summed E-state index contributed by atoms with van der Waals surface area (Å²) in [5.41, 5.74) is 1.18. The number of likely N-dealkylation sites (tertiary alicyclic amines) is 1.